The number of aromatic amines is 1. The number of anilines is 1. The number of hydrogen-bond acceptors (Lipinski definition) is 4. The van der Waals surface area contributed by atoms with Crippen LogP contribution in [0.2, 0.25) is 0 Å². The van der Waals surface area contributed by atoms with Gasteiger partial charge < -0.3 is 5.32 Å². The molecule has 2 aromatic heterocycles. The Hall–Kier alpha value is -3.88. The van der Waals surface area contributed by atoms with Crippen LogP contribution in [0.3, 0.4) is 0 Å². The molecule has 2 N–H and O–H groups in total. The van der Waals surface area contributed by atoms with Gasteiger partial charge in [0.25, 0.3) is 5.91 Å². The summed E-state index contributed by atoms with van der Waals surface area (Å²) < 4.78 is 29.5. The van der Waals surface area contributed by atoms with E-state index < -0.39 is 17.5 Å². The molecule has 0 aliphatic carbocycles. The van der Waals surface area contributed by atoms with Crippen LogP contribution >= 0.6 is 0 Å². The lowest BCUT2D eigenvalue weighted by Crippen LogP contribution is -2.15. The molecule has 1 amide bonds. The molecule has 0 atom stereocenters. The van der Waals surface area contributed by atoms with Gasteiger partial charge in [0.05, 0.1) is 22.5 Å². The molecule has 0 radical (unpaired) electrons. The molecular formula is C19H14F2N6O. The number of carbonyl (C=O) groups excluding carboxylic acids is 1. The summed E-state index contributed by atoms with van der Waals surface area (Å²) in [6.45, 7) is 1.86. The molecule has 0 spiro atoms. The first-order valence-electron chi connectivity index (χ1n) is 8.30. The Morgan fingerprint density at radius 1 is 1.07 bits per heavy atom. The number of hydrogen-bond donors (Lipinski definition) is 2. The molecule has 28 heavy (non-hydrogen) atoms. The number of amides is 1. The van der Waals surface area contributed by atoms with Gasteiger partial charge in [-0.05, 0) is 31.2 Å². The highest BCUT2D eigenvalue weighted by Gasteiger charge is 2.17. The first kappa shape index (κ1) is 17.5. The average Bonchev–Trinajstić information content (AvgIpc) is 3.34. The van der Waals surface area contributed by atoms with E-state index in [-0.39, 0.29) is 17.1 Å². The minimum atomic E-state index is -0.727. The van der Waals surface area contributed by atoms with Crippen molar-refractivity contribution in [2.45, 2.75) is 6.92 Å². The summed E-state index contributed by atoms with van der Waals surface area (Å²) in [7, 11) is 0. The van der Waals surface area contributed by atoms with Crippen molar-refractivity contribution in [1.82, 2.24) is 25.0 Å². The molecule has 2 heterocycles. The molecule has 0 saturated heterocycles. The fourth-order valence-corrected chi connectivity index (χ4v) is 2.83. The molecule has 2 aromatic carbocycles. The minimum absolute atomic E-state index is 0.120. The van der Waals surface area contributed by atoms with Crippen molar-refractivity contribution in [3.05, 3.63) is 77.9 Å². The topological polar surface area (TPSA) is 88.5 Å². The van der Waals surface area contributed by atoms with Crippen LogP contribution in [0.25, 0.3) is 16.9 Å². The number of H-pyrrole nitrogens is 1. The summed E-state index contributed by atoms with van der Waals surface area (Å²) in [4.78, 5) is 12.8. The largest absolute Gasteiger partial charge is 0.305 e. The maximum atomic E-state index is 13.9. The lowest BCUT2D eigenvalue weighted by atomic mass is 10.1. The zero-order valence-electron chi connectivity index (χ0n) is 14.6. The average molecular weight is 380 g/mol. The summed E-state index contributed by atoms with van der Waals surface area (Å²) in [5.41, 5.74) is 1.73. The highest BCUT2D eigenvalue weighted by Crippen LogP contribution is 2.26. The second-order valence-corrected chi connectivity index (χ2v) is 6.11. The van der Waals surface area contributed by atoms with E-state index in [0.717, 1.165) is 17.7 Å². The van der Waals surface area contributed by atoms with E-state index in [1.165, 1.54) is 24.8 Å². The second-order valence-electron chi connectivity index (χ2n) is 6.11. The predicted octanol–water partition coefficient (Wildman–Crippen LogP) is 3.50. The summed E-state index contributed by atoms with van der Waals surface area (Å²) >= 11 is 0. The van der Waals surface area contributed by atoms with Crippen molar-refractivity contribution in [3.63, 3.8) is 0 Å². The number of halogens is 2. The normalized spacial score (nSPS) is 10.8. The van der Waals surface area contributed by atoms with Gasteiger partial charge in [-0.3, -0.25) is 14.5 Å². The monoisotopic (exact) mass is 380 g/mol. The van der Waals surface area contributed by atoms with E-state index in [0.29, 0.717) is 11.3 Å². The van der Waals surface area contributed by atoms with Gasteiger partial charge in [-0.2, -0.15) is 5.10 Å². The molecule has 4 rings (SSSR count). The van der Waals surface area contributed by atoms with E-state index in [1.54, 1.807) is 16.7 Å². The number of benzene rings is 2. The number of nitrogens with one attached hydrogen (secondary N) is 2. The fraction of sp³-hybridized carbons (Fsp3) is 0.0526. The molecule has 9 heteroatoms. The van der Waals surface area contributed by atoms with Gasteiger partial charge in [0.1, 0.15) is 24.3 Å². The van der Waals surface area contributed by atoms with Crippen LogP contribution in [0.4, 0.5) is 14.6 Å². The maximum absolute atomic E-state index is 13.9. The smallest absolute Gasteiger partial charge is 0.259 e. The standard InChI is InChI=1S/C19H14F2N6O/c1-11-5-6-16(27-9-22-23-10-27)12(7-11)19(28)24-17-8-15(25-26-17)18-13(20)3-2-4-14(18)21/h2-10H,1H3,(H2,24,25,26,28). The van der Waals surface area contributed by atoms with Crippen molar-refractivity contribution in [1.29, 1.82) is 0 Å². The number of aromatic nitrogens is 5. The van der Waals surface area contributed by atoms with Crippen molar-refractivity contribution >= 4 is 11.7 Å². The van der Waals surface area contributed by atoms with Crippen LogP contribution in [-0.4, -0.2) is 30.9 Å². The summed E-state index contributed by atoms with van der Waals surface area (Å²) in [5, 5.41) is 16.6. The van der Waals surface area contributed by atoms with Gasteiger partial charge in [-0.1, -0.05) is 17.7 Å². The predicted molar refractivity (Wildman–Crippen MR) is 98.0 cm³/mol. The van der Waals surface area contributed by atoms with E-state index in [1.807, 2.05) is 13.0 Å². The van der Waals surface area contributed by atoms with Gasteiger partial charge in [-0.25, -0.2) is 8.78 Å². The Kier molecular flexibility index (Phi) is 4.40. The Balaban J connectivity index is 1.64. The van der Waals surface area contributed by atoms with Crippen molar-refractivity contribution < 1.29 is 13.6 Å². The van der Waals surface area contributed by atoms with Crippen LogP contribution in [0.5, 0.6) is 0 Å². The van der Waals surface area contributed by atoms with Gasteiger partial charge in [0.15, 0.2) is 5.82 Å². The Labute approximate surface area is 158 Å². The minimum Gasteiger partial charge on any atom is -0.305 e. The van der Waals surface area contributed by atoms with Crippen molar-refractivity contribution in [2.75, 3.05) is 5.32 Å². The Bertz CT molecular complexity index is 1130. The van der Waals surface area contributed by atoms with Gasteiger partial charge in [-0.15, -0.1) is 10.2 Å². The number of nitrogens with zero attached hydrogens (tertiary/aromatic N) is 4. The van der Waals surface area contributed by atoms with Crippen LogP contribution in [0.1, 0.15) is 15.9 Å². The summed E-state index contributed by atoms with van der Waals surface area (Å²) in [6, 6.07) is 10.3. The van der Waals surface area contributed by atoms with Crippen molar-refractivity contribution in [2.24, 2.45) is 0 Å². The van der Waals surface area contributed by atoms with Crippen LogP contribution in [0.15, 0.2) is 55.1 Å². The van der Waals surface area contributed by atoms with Crippen LogP contribution < -0.4 is 5.32 Å². The zero-order valence-corrected chi connectivity index (χ0v) is 14.6. The lowest BCUT2D eigenvalue weighted by Gasteiger charge is -2.10. The van der Waals surface area contributed by atoms with E-state index in [4.69, 9.17) is 0 Å². The van der Waals surface area contributed by atoms with E-state index in [2.05, 4.69) is 25.7 Å². The third-order valence-electron chi connectivity index (χ3n) is 4.15. The maximum Gasteiger partial charge on any atom is 0.259 e. The van der Waals surface area contributed by atoms with Gasteiger partial charge in [0.2, 0.25) is 0 Å². The number of rotatable bonds is 4. The Morgan fingerprint density at radius 2 is 1.79 bits per heavy atom. The fourth-order valence-electron chi connectivity index (χ4n) is 2.83. The van der Waals surface area contributed by atoms with Crippen LogP contribution in [-0.2, 0) is 0 Å². The first-order chi connectivity index (χ1) is 13.5. The zero-order chi connectivity index (χ0) is 19.7. The quantitative estimate of drug-likeness (QED) is 0.567. The second kappa shape index (κ2) is 7.03. The van der Waals surface area contributed by atoms with Gasteiger partial charge in [0, 0.05) is 6.07 Å². The summed E-state index contributed by atoms with van der Waals surface area (Å²) in [5.74, 6) is -1.75. The molecule has 7 nitrogen and oxygen atoms in total. The molecule has 0 fully saturated rings. The highest BCUT2D eigenvalue weighted by molar-refractivity contribution is 6.06. The number of carbonyl (C=O) groups is 1. The van der Waals surface area contributed by atoms with E-state index in [9.17, 15) is 13.6 Å². The SMILES string of the molecule is Cc1ccc(-n2cnnc2)c(C(=O)Nc2cc(-c3c(F)cccc3F)[nH]n2)c1. The third kappa shape index (κ3) is 3.25. The molecule has 0 saturated carbocycles. The van der Waals surface area contributed by atoms with E-state index >= 15 is 0 Å². The molecule has 0 aliphatic heterocycles. The first-order valence-corrected chi connectivity index (χ1v) is 8.30. The molecule has 0 bridgehead atoms. The number of aryl methyl sites for hydroxylation is 1. The summed E-state index contributed by atoms with van der Waals surface area (Å²) in [6.07, 6.45) is 2.96. The molecule has 4 aromatic rings. The highest BCUT2D eigenvalue weighted by atomic mass is 19.1. The van der Waals surface area contributed by atoms with Crippen LogP contribution in [0, 0.1) is 18.6 Å². The van der Waals surface area contributed by atoms with Crippen molar-refractivity contribution in [3.8, 4) is 16.9 Å². The Morgan fingerprint density at radius 3 is 2.50 bits per heavy atom. The van der Waals surface area contributed by atoms with Gasteiger partial charge >= 0.3 is 0 Å². The molecular weight excluding hydrogens is 366 g/mol. The lowest BCUT2D eigenvalue weighted by molar-refractivity contribution is 0.102. The molecule has 0 aliphatic rings. The third-order valence-corrected chi connectivity index (χ3v) is 4.15. The molecule has 140 valence electrons. The molecule has 0 unspecified atom stereocenters.